The molecule has 2 aromatic heterocycles. The second kappa shape index (κ2) is 8.70. The van der Waals surface area contributed by atoms with Crippen molar-refractivity contribution >= 4 is 22.9 Å². The molecule has 0 radical (unpaired) electrons. The minimum Gasteiger partial charge on any atom is -0.444 e. The maximum Gasteiger partial charge on any atom is 0.410 e. The fourth-order valence-electron chi connectivity index (χ4n) is 5.51. The first-order chi connectivity index (χ1) is 16.6. The maximum absolute atomic E-state index is 13.4. The molecular weight excluding hydrogens is 440 g/mol. The lowest BCUT2D eigenvalue weighted by molar-refractivity contribution is 0.0275. The highest BCUT2D eigenvalue weighted by Crippen LogP contribution is 2.35. The second-order valence-corrected chi connectivity index (χ2v) is 10.9. The van der Waals surface area contributed by atoms with Gasteiger partial charge in [-0.2, -0.15) is 0 Å². The summed E-state index contributed by atoms with van der Waals surface area (Å²) in [7, 11) is 0. The van der Waals surface area contributed by atoms with E-state index in [4.69, 9.17) is 4.74 Å². The van der Waals surface area contributed by atoms with Crippen LogP contribution in [-0.4, -0.2) is 63.5 Å². The van der Waals surface area contributed by atoms with E-state index in [1.807, 2.05) is 63.1 Å². The van der Waals surface area contributed by atoms with Gasteiger partial charge < -0.3 is 19.5 Å². The molecule has 2 fully saturated rings. The average Bonchev–Trinajstić information content (AvgIpc) is 3.48. The largest absolute Gasteiger partial charge is 0.444 e. The van der Waals surface area contributed by atoms with E-state index in [-0.39, 0.29) is 12.0 Å². The first-order valence-electron chi connectivity index (χ1n) is 12.5. The van der Waals surface area contributed by atoms with Gasteiger partial charge >= 0.3 is 6.09 Å². The van der Waals surface area contributed by atoms with Gasteiger partial charge in [0.2, 0.25) is 0 Å². The van der Waals surface area contributed by atoms with Crippen molar-refractivity contribution in [2.45, 2.75) is 46.6 Å². The van der Waals surface area contributed by atoms with Crippen LogP contribution < -0.4 is 0 Å². The van der Waals surface area contributed by atoms with Crippen LogP contribution in [0.4, 0.5) is 4.79 Å². The van der Waals surface area contributed by atoms with Crippen LogP contribution in [0.15, 0.2) is 36.5 Å². The number of hydrogen-bond donors (Lipinski definition) is 1. The maximum atomic E-state index is 13.4. The highest BCUT2D eigenvalue weighted by Gasteiger charge is 2.44. The summed E-state index contributed by atoms with van der Waals surface area (Å²) in [6.07, 6.45) is 2.44. The van der Waals surface area contributed by atoms with Gasteiger partial charge in [-0.1, -0.05) is 6.92 Å². The molecule has 2 aliphatic rings. The molecule has 5 rings (SSSR count). The summed E-state index contributed by atoms with van der Waals surface area (Å²) in [6, 6.07) is 10.1. The molecule has 0 spiro atoms. The predicted octanol–water partition coefficient (Wildman–Crippen LogP) is 5.04. The predicted molar refractivity (Wildman–Crippen MR) is 136 cm³/mol. The van der Waals surface area contributed by atoms with E-state index >= 15 is 0 Å². The van der Waals surface area contributed by atoms with E-state index in [0.29, 0.717) is 43.6 Å². The molecular formula is C28H34N4O3. The van der Waals surface area contributed by atoms with Crippen LogP contribution in [0, 0.1) is 18.8 Å². The number of amides is 2. The van der Waals surface area contributed by atoms with E-state index in [9.17, 15) is 9.59 Å². The zero-order chi connectivity index (χ0) is 24.9. The summed E-state index contributed by atoms with van der Waals surface area (Å²) >= 11 is 0. The van der Waals surface area contributed by atoms with Crippen LogP contribution in [0.1, 0.15) is 49.3 Å². The van der Waals surface area contributed by atoms with E-state index < -0.39 is 5.60 Å². The van der Waals surface area contributed by atoms with E-state index in [1.165, 1.54) is 5.56 Å². The molecule has 1 N–H and O–H groups in total. The lowest BCUT2D eigenvalue weighted by Gasteiger charge is -2.26. The molecule has 4 heterocycles. The molecule has 2 aliphatic heterocycles. The molecule has 0 saturated carbocycles. The molecule has 184 valence electrons. The smallest absolute Gasteiger partial charge is 0.410 e. The molecule has 1 aromatic carbocycles. The zero-order valence-electron chi connectivity index (χ0n) is 21.2. The molecule has 2 saturated heterocycles. The van der Waals surface area contributed by atoms with Gasteiger partial charge in [-0.05, 0) is 70.0 Å². The van der Waals surface area contributed by atoms with Crippen molar-refractivity contribution in [3.05, 3.63) is 53.3 Å². The lowest BCUT2D eigenvalue weighted by atomic mass is 10.0. The number of aromatic nitrogens is 2. The molecule has 0 aliphatic carbocycles. The first kappa shape index (κ1) is 23.4. The molecule has 0 bridgehead atoms. The van der Waals surface area contributed by atoms with Crippen LogP contribution in [0.5, 0.6) is 0 Å². The Bertz CT molecular complexity index is 1280. The van der Waals surface area contributed by atoms with Gasteiger partial charge in [0.1, 0.15) is 5.60 Å². The van der Waals surface area contributed by atoms with Crippen molar-refractivity contribution in [2.75, 3.05) is 26.2 Å². The van der Waals surface area contributed by atoms with Gasteiger partial charge in [0, 0.05) is 77.6 Å². The summed E-state index contributed by atoms with van der Waals surface area (Å²) in [6.45, 7) is 12.4. The summed E-state index contributed by atoms with van der Waals surface area (Å²) in [5.41, 5.74) is 5.65. The number of nitrogens with one attached hydrogen (secondary N) is 1. The van der Waals surface area contributed by atoms with Crippen molar-refractivity contribution < 1.29 is 14.3 Å². The monoisotopic (exact) mass is 474 g/mol. The number of nitrogens with zero attached hydrogens (tertiary/aromatic N) is 3. The van der Waals surface area contributed by atoms with E-state index in [0.717, 1.165) is 34.3 Å². The quantitative estimate of drug-likeness (QED) is 0.577. The third-order valence-corrected chi connectivity index (χ3v) is 7.12. The molecule has 2 unspecified atom stereocenters. The molecule has 35 heavy (non-hydrogen) atoms. The van der Waals surface area contributed by atoms with Gasteiger partial charge in [0.15, 0.2) is 0 Å². The molecule has 2 atom stereocenters. The van der Waals surface area contributed by atoms with Crippen molar-refractivity contribution in [3.63, 3.8) is 0 Å². The number of aromatic amines is 1. The van der Waals surface area contributed by atoms with E-state index in [1.54, 1.807) is 4.90 Å². The zero-order valence-corrected chi connectivity index (χ0v) is 21.2. The number of hydrogen-bond acceptors (Lipinski definition) is 4. The normalized spacial score (nSPS) is 19.9. The lowest BCUT2D eigenvalue weighted by Crippen LogP contribution is -2.38. The molecule has 3 aromatic rings. The minimum absolute atomic E-state index is 0.0645. The fourth-order valence-corrected chi connectivity index (χ4v) is 5.51. The summed E-state index contributed by atoms with van der Waals surface area (Å²) < 4.78 is 5.53. The van der Waals surface area contributed by atoms with Crippen LogP contribution in [0.25, 0.3) is 22.2 Å². The van der Waals surface area contributed by atoms with Crippen molar-refractivity contribution in [1.82, 2.24) is 19.8 Å². The Morgan fingerprint density at radius 2 is 1.74 bits per heavy atom. The number of carbonyl (C=O) groups excluding carboxylic acids is 2. The number of likely N-dealkylation sites (tertiary alicyclic amines) is 2. The Balaban J connectivity index is 1.33. The highest BCUT2D eigenvalue weighted by atomic mass is 16.6. The Labute approximate surface area is 206 Å². The standard InChI is InChI=1S/C28H34N4O3/c1-6-22-23-12-19(7-8-24(23)30-25(22)18-9-10-29-17(2)11-18)26(33)31-13-20-15-32(16-21(20)14-31)27(34)35-28(3,4)5/h7-12,20-21,30H,6,13-16H2,1-5H3. The third kappa shape index (κ3) is 4.51. The van der Waals surface area contributed by atoms with Crippen molar-refractivity contribution in [1.29, 1.82) is 0 Å². The topological polar surface area (TPSA) is 78.5 Å². The van der Waals surface area contributed by atoms with Crippen molar-refractivity contribution in [3.8, 4) is 11.3 Å². The van der Waals surface area contributed by atoms with Gasteiger partial charge in [-0.25, -0.2) is 4.79 Å². The second-order valence-electron chi connectivity index (χ2n) is 10.9. The number of aryl methyl sites for hydroxylation is 2. The van der Waals surface area contributed by atoms with Crippen LogP contribution in [0.3, 0.4) is 0 Å². The number of fused-ring (bicyclic) bond motifs is 2. The number of carbonyl (C=O) groups is 2. The van der Waals surface area contributed by atoms with Gasteiger partial charge in [0.05, 0.1) is 0 Å². The molecule has 7 heteroatoms. The SMILES string of the molecule is CCc1c(-c2ccnc(C)c2)[nH]c2ccc(C(=O)N3CC4CN(C(=O)OC(C)(C)C)CC4C3)cc12. The first-order valence-corrected chi connectivity index (χ1v) is 12.5. The fraction of sp³-hybridized carbons (Fsp3) is 0.464. The minimum atomic E-state index is -0.499. The van der Waals surface area contributed by atoms with Gasteiger partial charge in [0.25, 0.3) is 5.91 Å². The summed E-state index contributed by atoms with van der Waals surface area (Å²) in [5, 5.41) is 1.10. The van der Waals surface area contributed by atoms with Gasteiger partial charge in [-0.15, -0.1) is 0 Å². The summed E-state index contributed by atoms with van der Waals surface area (Å²) in [5.74, 6) is 0.667. The number of H-pyrrole nitrogens is 1. The number of benzene rings is 1. The van der Waals surface area contributed by atoms with E-state index in [2.05, 4.69) is 23.0 Å². The Morgan fingerprint density at radius 1 is 1.06 bits per heavy atom. The average molecular weight is 475 g/mol. The summed E-state index contributed by atoms with van der Waals surface area (Å²) in [4.78, 5) is 37.5. The van der Waals surface area contributed by atoms with Crippen molar-refractivity contribution in [2.24, 2.45) is 11.8 Å². The number of ether oxygens (including phenoxy) is 1. The van der Waals surface area contributed by atoms with Crippen LogP contribution >= 0.6 is 0 Å². The number of pyridine rings is 1. The van der Waals surface area contributed by atoms with Crippen LogP contribution in [-0.2, 0) is 11.2 Å². The Hall–Kier alpha value is -3.35. The Morgan fingerprint density at radius 3 is 2.37 bits per heavy atom. The molecule has 7 nitrogen and oxygen atoms in total. The third-order valence-electron chi connectivity index (χ3n) is 7.12. The molecule has 2 amide bonds. The Kier molecular flexibility index (Phi) is 5.82. The van der Waals surface area contributed by atoms with Gasteiger partial charge in [-0.3, -0.25) is 9.78 Å². The highest BCUT2D eigenvalue weighted by molar-refractivity contribution is 6.00. The van der Waals surface area contributed by atoms with Crippen LogP contribution in [0.2, 0.25) is 0 Å². The number of rotatable bonds is 3.